The first-order valence-corrected chi connectivity index (χ1v) is 8.46. The topological polar surface area (TPSA) is 75.2 Å². The number of rotatable bonds is 9. The number of hydrogen-bond acceptors (Lipinski definition) is 4. The quantitative estimate of drug-likeness (QED) is 0.749. The molecule has 2 atom stereocenters. The van der Waals surface area contributed by atoms with Crippen LogP contribution in [-0.2, 0) is 4.74 Å². The van der Waals surface area contributed by atoms with Gasteiger partial charge in [-0.3, -0.25) is 9.36 Å². The van der Waals surface area contributed by atoms with E-state index in [-0.39, 0.29) is 17.0 Å². The first-order chi connectivity index (χ1) is 11.0. The second kappa shape index (κ2) is 9.36. The smallest absolute Gasteiger partial charge is 0.255 e. The molecule has 0 aromatic carbocycles. The first-order valence-electron chi connectivity index (χ1n) is 8.46. The van der Waals surface area contributed by atoms with E-state index < -0.39 is 6.23 Å². The molecule has 0 fully saturated rings. The summed E-state index contributed by atoms with van der Waals surface area (Å²) in [4.78, 5) is 12.2. The van der Waals surface area contributed by atoms with Crippen LogP contribution in [0.4, 0.5) is 0 Å². The van der Waals surface area contributed by atoms with Gasteiger partial charge in [-0.15, -0.1) is 0 Å². The van der Waals surface area contributed by atoms with Crippen LogP contribution in [0, 0.1) is 24.2 Å². The summed E-state index contributed by atoms with van der Waals surface area (Å²) in [5, 5.41) is 19.4. The number of hydrogen-bond donors (Lipinski definition) is 1. The van der Waals surface area contributed by atoms with Gasteiger partial charge in [-0.1, -0.05) is 40.0 Å². The number of aromatic hydroxyl groups is 1. The minimum atomic E-state index is -0.550. The van der Waals surface area contributed by atoms with Crippen molar-refractivity contribution >= 4 is 0 Å². The van der Waals surface area contributed by atoms with Crippen LogP contribution in [0.3, 0.4) is 0 Å². The lowest BCUT2D eigenvalue weighted by Crippen LogP contribution is -2.28. The Balaban J connectivity index is 2.99. The van der Waals surface area contributed by atoms with E-state index in [1.165, 1.54) is 10.6 Å². The molecule has 0 saturated heterocycles. The summed E-state index contributed by atoms with van der Waals surface area (Å²) in [6.07, 6.45) is 4.43. The minimum Gasteiger partial charge on any atom is -0.493 e. The van der Waals surface area contributed by atoms with Crippen molar-refractivity contribution < 1.29 is 9.84 Å². The number of aryl methyl sites for hydroxylation is 1. The molecule has 5 heteroatoms. The maximum atomic E-state index is 12.2. The molecule has 0 aliphatic rings. The summed E-state index contributed by atoms with van der Waals surface area (Å²) < 4.78 is 7.11. The lowest BCUT2D eigenvalue weighted by atomic mass is 10.0. The normalized spacial score (nSPS) is 13.5. The molecule has 1 N–H and O–H groups in total. The molecule has 0 saturated carbocycles. The molecule has 1 aromatic rings. The summed E-state index contributed by atoms with van der Waals surface area (Å²) in [7, 11) is 0. The van der Waals surface area contributed by atoms with Gasteiger partial charge >= 0.3 is 0 Å². The highest BCUT2D eigenvalue weighted by atomic mass is 16.5. The zero-order valence-electron chi connectivity index (χ0n) is 14.6. The van der Waals surface area contributed by atoms with E-state index in [0.29, 0.717) is 24.5 Å². The molecule has 1 rings (SSSR count). The Morgan fingerprint density at radius 3 is 2.57 bits per heavy atom. The van der Waals surface area contributed by atoms with Crippen molar-refractivity contribution in [2.75, 3.05) is 6.61 Å². The number of pyridine rings is 1. The van der Waals surface area contributed by atoms with Crippen molar-refractivity contribution in [3.63, 3.8) is 0 Å². The molecule has 1 heterocycles. The monoisotopic (exact) mass is 320 g/mol. The highest BCUT2D eigenvalue weighted by Gasteiger charge is 2.20. The third kappa shape index (κ3) is 4.84. The van der Waals surface area contributed by atoms with E-state index in [1.54, 1.807) is 6.92 Å². The highest BCUT2D eigenvalue weighted by molar-refractivity contribution is 5.43. The average Bonchev–Trinajstić information content (AvgIpc) is 2.53. The van der Waals surface area contributed by atoms with Gasteiger partial charge in [0.05, 0.1) is 6.61 Å². The number of nitrogens with zero attached hydrogens (tertiary/aromatic N) is 2. The van der Waals surface area contributed by atoms with Gasteiger partial charge in [0, 0.05) is 6.07 Å². The Morgan fingerprint density at radius 2 is 2.04 bits per heavy atom. The fourth-order valence-corrected chi connectivity index (χ4v) is 2.66. The van der Waals surface area contributed by atoms with Gasteiger partial charge < -0.3 is 9.84 Å². The molecule has 0 bridgehead atoms. The summed E-state index contributed by atoms with van der Waals surface area (Å²) >= 11 is 0. The van der Waals surface area contributed by atoms with Crippen LogP contribution in [0.25, 0.3) is 0 Å². The van der Waals surface area contributed by atoms with Crippen molar-refractivity contribution in [3.05, 3.63) is 27.5 Å². The van der Waals surface area contributed by atoms with Gasteiger partial charge in [0.25, 0.3) is 5.56 Å². The Bertz CT molecular complexity index is 602. The van der Waals surface area contributed by atoms with Crippen LogP contribution in [-0.4, -0.2) is 16.3 Å². The summed E-state index contributed by atoms with van der Waals surface area (Å²) in [5.74, 6) is 0.147. The van der Waals surface area contributed by atoms with Gasteiger partial charge in [-0.05, 0) is 31.2 Å². The maximum Gasteiger partial charge on any atom is 0.255 e. The minimum absolute atomic E-state index is 0.129. The number of ether oxygens (including phenoxy) is 1. The van der Waals surface area contributed by atoms with E-state index >= 15 is 0 Å². The van der Waals surface area contributed by atoms with Crippen molar-refractivity contribution in [2.45, 2.75) is 66.0 Å². The van der Waals surface area contributed by atoms with Gasteiger partial charge in [-0.25, -0.2) is 0 Å². The van der Waals surface area contributed by atoms with Crippen LogP contribution < -0.4 is 5.56 Å². The molecule has 0 aliphatic carbocycles. The molecule has 128 valence electrons. The Labute approximate surface area is 138 Å². The average molecular weight is 320 g/mol. The zero-order chi connectivity index (χ0) is 17.4. The van der Waals surface area contributed by atoms with Crippen LogP contribution in [0.1, 0.15) is 70.2 Å². The summed E-state index contributed by atoms with van der Waals surface area (Å²) in [6, 6.07) is 3.32. The molecule has 23 heavy (non-hydrogen) atoms. The van der Waals surface area contributed by atoms with Gasteiger partial charge in [0.2, 0.25) is 5.88 Å². The zero-order valence-corrected chi connectivity index (χ0v) is 14.6. The summed E-state index contributed by atoms with van der Waals surface area (Å²) in [5.41, 5.74) is 0.271. The van der Waals surface area contributed by atoms with Crippen molar-refractivity contribution in [1.29, 1.82) is 5.26 Å². The predicted molar refractivity (Wildman–Crippen MR) is 90.4 cm³/mol. The SMILES string of the molecule is CCCCC(CC)COC(CC)n1c(O)c(C#N)c(C)cc1=O. The van der Waals surface area contributed by atoms with Crippen molar-refractivity contribution in [2.24, 2.45) is 5.92 Å². The molecule has 5 nitrogen and oxygen atoms in total. The number of nitriles is 1. The van der Waals surface area contributed by atoms with Crippen LogP contribution >= 0.6 is 0 Å². The van der Waals surface area contributed by atoms with Crippen LogP contribution in [0.5, 0.6) is 5.88 Å². The Hall–Kier alpha value is -1.80. The molecule has 0 spiro atoms. The van der Waals surface area contributed by atoms with E-state index in [9.17, 15) is 9.90 Å². The Morgan fingerprint density at radius 1 is 1.35 bits per heavy atom. The third-order valence-electron chi connectivity index (χ3n) is 4.24. The number of unbranched alkanes of at least 4 members (excludes halogenated alkanes) is 1. The number of aromatic nitrogens is 1. The highest BCUT2D eigenvalue weighted by Crippen LogP contribution is 2.25. The molecule has 0 aliphatic heterocycles. The van der Waals surface area contributed by atoms with Gasteiger partial charge in [0.1, 0.15) is 17.9 Å². The van der Waals surface area contributed by atoms with E-state index in [1.807, 2.05) is 13.0 Å². The molecule has 0 amide bonds. The van der Waals surface area contributed by atoms with E-state index in [4.69, 9.17) is 10.00 Å². The maximum absolute atomic E-state index is 12.2. The second-order valence-electron chi connectivity index (χ2n) is 5.96. The lowest BCUT2D eigenvalue weighted by Gasteiger charge is -2.24. The van der Waals surface area contributed by atoms with Crippen LogP contribution in [0.15, 0.2) is 10.9 Å². The van der Waals surface area contributed by atoms with Gasteiger partial charge in [-0.2, -0.15) is 5.26 Å². The van der Waals surface area contributed by atoms with E-state index in [0.717, 1.165) is 25.7 Å². The second-order valence-corrected chi connectivity index (χ2v) is 5.96. The van der Waals surface area contributed by atoms with Crippen molar-refractivity contribution in [1.82, 2.24) is 4.57 Å². The molecular weight excluding hydrogens is 292 g/mol. The molecule has 1 aromatic heterocycles. The third-order valence-corrected chi connectivity index (χ3v) is 4.24. The fourth-order valence-electron chi connectivity index (χ4n) is 2.66. The Kier molecular flexibility index (Phi) is 7.84. The standard InChI is InChI=1S/C18H28N2O3/c1-5-8-9-14(6-2)12-23-17(7-3)20-16(21)10-13(4)15(11-19)18(20)22/h10,14,17,22H,5-9,12H2,1-4H3. The molecule has 2 unspecified atom stereocenters. The summed E-state index contributed by atoms with van der Waals surface area (Å²) in [6.45, 7) is 8.39. The van der Waals surface area contributed by atoms with Crippen LogP contribution in [0.2, 0.25) is 0 Å². The largest absolute Gasteiger partial charge is 0.493 e. The fraction of sp³-hybridized carbons (Fsp3) is 0.667. The predicted octanol–water partition coefficient (Wildman–Crippen LogP) is 3.88. The first kappa shape index (κ1) is 19.2. The molecule has 0 radical (unpaired) electrons. The van der Waals surface area contributed by atoms with Crippen molar-refractivity contribution in [3.8, 4) is 11.9 Å². The lowest BCUT2D eigenvalue weighted by molar-refractivity contribution is -0.0271. The molecular formula is C18H28N2O3. The van der Waals surface area contributed by atoms with E-state index in [2.05, 4.69) is 13.8 Å². The van der Waals surface area contributed by atoms with Gasteiger partial charge in [0.15, 0.2) is 0 Å².